The van der Waals surface area contributed by atoms with E-state index in [4.69, 9.17) is 5.26 Å². The van der Waals surface area contributed by atoms with Gasteiger partial charge in [-0.25, -0.2) is 0 Å². The number of hydrogen-bond acceptors (Lipinski definition) is 3. The minimum atomic E-state index is 0.528. The van der Waals surface area contributed by atoms with Gasteiger partial charge >= 0.3 is 0 Å². The molecule has 0 saturated carbocycles. The molecule has 0 aliphatic rings. The van der Waals surface area contributed by atoms with Gasteiger partial charge in [0.15, 0.2) is 6.19 Å². The quantitative estimate of drug-likeness (QED) is 0.384. The second-order valence-corrected chi connectivity index (χ2v) is 3.63. The molecule has 1 N–H and O–H groups in total. The highest BCUT2D eigenvalue weighted by Gasteiger charge is 2.01. The molecule has 2 rings (SSSR count). The average Bonchev–Trinajstić information content (AvgIpc) is 2.45. The van der Waals surface area contributed by atoms with E-state index < -0.39 is 0 Å². The van der Waals surface area contributed by atoms with Gasteiger partial charge in [-0.1, -0.05) is 30.3 Å². The Labute approximate surface area is 106 Å². The van der Waals surface area contributed by atoms with Crippen molar-refractivity contribution in [1.29, 1.82) is 5.26 Å². The zero-order valence-corrected chi connectivity index (χ0v) is 9.74. The molecule has 4 heteroatoms. The number of hydrogen-bond donors (Lipinski definition) is 1. The predicted molar refractivity (Wildman–Crippen MR) is 69.7 cm³/mol. The van der Waals surface area contributed by atoms with Crippen LogP contribution in [0.3, 0.4) is 0 Å². The Kier molecular flexibility index (Phi) is 4.04. The number of amidine groups is 1. The Morgan fingerprint density at radius 3 is 2.72 bits per heavy atom. The van der Waals surface area contributed by atoms with Crippen LogP contribution in [-0.2, 0) is 6.54 Å². The first-order chi connectivity index (χ1) is 8.90. The van der Waals surface area contributed by atoms with Crippen molar-refractivity contribution in [2.45, 2.75) is 6.54 Å². The summed E-state index contributed by atoms with van der Waals surface area (Å²) >= 11 is 0. The monoisotopic (exact) mass is 236 g/mol. The smallest absolute Gasteiger partial charge is 0.182 e. The van der Waals surface area contributed by atoms with Crippen LogP contribution in [0, 0.1) is 11.5 Å². The maximum absolute atomic E-state index is 8.73. The van der Waals surface area contributed by atoms with E-state index in [9.17, 15) is 0 Å². The van der Waals surface area contributed by atoms with E-state index in [0.29, 0.717) is 12.4 Å². The number of benzene rings is 1. The number of rotatable bonds is 3. The van der Waals surface area contributed by atoms with Crippen molar-refractivity contribution in [2.75, 3.05) is 0 Å². The molecule has 88 valence electrons. The lowest BCUT2D eigenvalue weighted by molar-refractivity contribution is 1.04. The van der Waals surface area contributed by atoms with Crippen LogP contribution in [0.1, 0.15) is 11.1 Å². The molecule has 0 spiro atoms. The molecule has 4 nitrogen and oxygen atoms in total. The zero-order chi connectivity index (χ0) is 12.6. The van der Waals surface area contributed by atoms with Crippen LogP contribution >= 0.6 is 0 Å². The molecule has 0 atom stereocenters. The first-order valence-electron chi connectivity index (χ1n) is 5.54. The number of nitrogens with one attached hydrogen (secondary N) is 1. The molecule has 0 bridgehead atoms. The second-order valence-electron chi connectivity index (χ2n) is 3.63. The van der Waals surface area contributed by atoms with E-state index in [2.05, 4.69) is 15.3 Å². The molecule has 0 aliphatic carbocycles. The van der Waals surface area contributed by atoms with Crippen LogP contribution in [0.15, 0.2) is 59.9 Å². The van der Waals surface area contributed by atoms with Crippen LogP contribution < -0.4 is 5.32 Å². The molecule has 0 amide bonds. The molecule has 0 aliphatic heterocycles. The fourth-order valence-electron chi connectivity index (χ4n) is 1.51. The Hall–Kier alpha value is -2.67. The van der Waals surface area contributed by atoms with Crippen molar-refractivity contribution in [3.8, 4) is 6.19 Å². The largest absolute Gasteiger partial charge is 0.277 e. The summed E-state index contributed by atoms with van der Waals surface area (Å²) < 4.78 is 0. The number of nitrogens with zero attached hydrogens (tertiary/aromatic N) is 3. The normalized spacial score (nSPS) is 10.7. The molecular weight excluding hydrogens is 224 g/mol. The van der Waals surface area contributed by atoms with Gasteiger partial charge < -0.3 is 0 Å². The maximum Gasteiger partial charge on any atom is 0.182 e. The summed E-state index contributed by atoms with van der Waals surface area (Å²) in [5.74, 6) is 0.537. The minimum absolute atomic E-state index is 0.528. The maximum atomic E-state index is 8.73. The highest BCUT2D eigenvalue weighted by molar-refractivity contribution is 5.99. The van der Waals surface area contributed by atoms with Gasteiger partial charge in [-0.15, -0.1) is 0 Å². The summed E-state index contributed by atoms with van der Waals surface area (Å²) in [6, 6.07) is 13.6. The third-order valence-electron chi connectivity index (χ3n) is 2.37. The van der Waals surface area contributed by atoms with Crippen molar-refractivity contribution >= 4 is 5.84 Å². The lowest BCUT2D eigenvalue weighted by atomic mass is 10.2. The summed E-state index contributed by atoms with van der Waals surface area (Å²) in [6.45, 7) is 0.528. The topological polar surface area (TPSA) is 61.1 Å². The fourth-order valence-corrected chi connectivity index (χ4v) is 1.51. The summed E-state index contributed by atoms with van der Waals surface area (Å²) in [6.07, 6.45) is 5.25. The van der Waals surface area contributed by atoms with Crippen LogP contribution in [0.4, 0.5) is 0 Å². The van der Waals surface area contributed by atoms with E-state index in [1.165, 1.54) is 0 Å². The Morgan fingerprint density at radius 2 is 2.06 bits per heavy atom. The lowest BCUT2D eigenvalue weighted by Crippen LogP contribution is -2.19. The third-order valence-corrected chi connectivity index (χ3v) is 2.37. The standard InChI is InChI=1S/C14H12N4/c15-11-18-14(13-7-4-8-16-10-13)17-9-12-5-2-1-3-6-12/h1-8,10H,9H2,(H,17,18). The van der Waals surface area contributed by atoms with E-state index in [1.54, 1.807) is 12.4 Å². The van der Waals surface area contributed by atoms with Crippen LogP contribution in [0.2, 0.25) is 0 Å². The second kappa shape index (κ2) is 6.16. The summed E-state index contributed by atoms with van der Waals surface area (Å²) in [7, 11) is 0. The van der Waals surface area contributed by atoms with E-state index in [-0.39, 0.29) is 0 Å². The number of pyridine rings is 1. The summed E-state index contributed by atoms with van der Waals surface area (Å²) in [4.78, 5) is 8.41. The van der Waals surface area contributed by atoms with Gasteiger partial charge in [0, 0.05) is 18.0 Å². The van der Waals surface area contributed by atoms with Crippen molar-refractivity contribution in [3.63, 3.8) is 0 Å². The van der Waals surface area contributed by atoms with Crippen LogP contribution in [0.5, 0.6) is 0 Å². The van der Waals surface area contributed by atoms with E-state index in [0.717, 1.165) is 11.1 Å². The molecular formula is C14H12N4. The number of aliphatic imine (C=N–C) groups is 1. The highest BCUT2D eigenvalue weighted by atomic mass is 15.0. The van der Waals surface area contributed by atoms with Crippen molar-refractivity contribution in [3.05, 3.63) is 66.0 Å². The Morgan fingerprint density at radius 1 is 1.22 bits per heavy atom. The molecule has 0 radical (unpaired) electrons. The first-order valence-corrected chi connectivity index (χ1v) is 5.54. The van der Waals surface area contributed by atoms with E-state index >= 15 is 0 Å². The van der Waals surface area contributed by atoms with Gasteiger partial charge in [-0.2, -0.15) is 5.26 Å². The van der Waals surface area contributed by atoms with Crippen LogP contribution in [-0.4, -0.2) is 10.8 Å². The molecule has 1 heterocycles. The molecule has 0 saturated heterocycles. The van der Waals surface area contributed by atoms with Gasteiger partial charge in [0.2, 0.25) is 0 Å². The molecule has 1 aromatic carbocycles. The third kappa shape index (κ3) is 3.16. The van der Waals surface area contributed by atoms with Crippen molar-refractivity contribution in [2.24, 2.45) is 4.99 Å². The molecule has 2 aromatic rings. The van der Waals surface area contributed by atoms with Gasteiger partial charge in [-0.05, 0) is 17.7 Å². The summed E-state index contributed by atoms with van der Waals surface area (Å²) in [5.41, 5.74) is 1.90. The first kappa shape index (κ1) is 11.8. The summed E-state index contributed by atoms with van der Waals surface area (Å²) in [5, 5.41) is 11.3. The lowest BCUT2D eigenvalue weighted by Gasteiger charge is -2.03. The molecule has 0 fully saturated rings. The number of nitriles is 1. The molecule has 1 aromatic heterocycles. The fraction of sp³-hybridized carbons (Fsp3) is 0.0714. The highest BCUT2D eigenvalue weighted by Crippen LogP contribution is 2.03. The van der Waals surface area contributed by atoms with Gasteiger partial charge in [0.05, 0.1) is 6.54 Å². The SMILES string of the molecule is N#CN/C(=N\Cc1ccccc1)c1cccnc1. The van der Waals surface area contributed by atoms with Crippen LogP contribution in [0.25, 0.3) is 0 Å². The molecule has 18 heavy (non-hydrogen) atoms. The average molecular weight is 236 g/mol. The Balaban J connectivity index is 2.19. The Bertz CT molecular complexity index is 555. The van der Waals surface area contributed by atoms with E-state index in [1.807, 2.05) is 48.7 Å². The predicted octanol–water partition coefficient (Wildman–Crippen LogP) is 2.10. The number of aromatic nitrogens is 1. The van der Waals surface area contributed by atoms with Gasteiger partial charge in [0.1, 0.15) is 5.84 Å². The van der Waals surface area contributed by atoms with Gasteiger partial charge in [-0.3, -0.25) is 15.3 Å². The van der Waals surface area contributed by atoms with Crippen molar-refractivity contribution in [1.82, 2.24) is 10.3 Å². The zero-order valence-electron chi connectivity index (χ0n) is 9.74. The van der Waals surface area contributed by atoms with Crippen molar-refractivity contribution < 1.29 is 0 Å². The van der Waals surface area contributed by atoms with Gasteiger partial charge in [0.25, 0.3) is 0 Å². The minimum Gasteiger partial charge on any atom is -0.277 e. The molecule has 0 unspecified atom stereocenters.